The third-order valence-electron chi connectivity index (χ3n) is 5.47. The zero-order valence-corrected chi connectivity index (χ0v) is 13.3. The Kier molecular flexibility index (Phi) is 4.28. The maximum atomic E-state index is 12.6. The van der Waals surface area contributed by atoms with Crippen molar-refractivity contribution in [2.24, 2.45) is 11.8 Å². The van der Waals surface area contributed by atoms with E-state index in [0.29, 0.717) is 30.0 Å². The maximum absolute atomic E-state index is 12.6. The third-order valence-corrected chi connectivity index (χ3v) is 5.47. The van der Waals surface area contributed by atoms with Gasteiger partial charge < -0.3 is 0 Å². The highest BCUT2D eigenvalue weighted by molar-refractivity contribution is 5.93. The summed E-state index contributed by atoms with van der Waals surface area (Å²) < 4.78 is 0. The number of rotatable bonds is 3. The first-order chi connectivity index (χ1) is 10.2. The number of Topliss-reactive ketones (excluding diaryl/α,β-unsaturated/α-hetero) is 1. The number of hydrogen-bond acceptors (Lipinski definition) is 1. The summed E-state index contributed by atoms with van der Waals surface area (Å²) >= 11 is 0. The van der Waals surface area contributed by atoms with Gasteiger partial charge in [-0.05, 0) is 60.6 Å². The van der Waals surface area contributed by atoms with Crippen LogP contribution in [0.2, 0.25) is 0 Å². The normalized spacial score (nSPS) is 28.7. The molecule has 0 amide bonds. The lowest BCUT2D eigenvalue weighted by molar-refractivity contribution is -0.126. The summed E-state index contributed by atoms with van der Waals surface area (Å²) in [5.74, 6) is 1.98. The molecule has 3 atom stereocenters. The lowest BCUT2D eigenvalue weighted by Crippen LogP contribution is -2.30. The van der Waals surface area contributed by atoms with Crippen molar-refractivity contribution in [2.45, 2.75) is 58.3 Å². The van der Waals surface area contributed by atoms with Gasteiger partial charge >= 0.3 is 0 Å². The van der Waals surface area contributed by atoms with Crippen molar-refractivity contribution in [2.75, 3.05) is 0 Å². The number of ketones is 1. The number of carbonyl (C=O) groups excluding carboxylic acids is 1. The van der Waals surface area contributed by atoms with E-state index in [1.807, 2.05) is 0 Å². The van der Waals surface area contributed by atoms with E-state index in [2.05, 4.69) is 44.2 Å². The molecule has 0 bridgehead atoms. The molecule has 1 aromatic carbocycles. The van der Waals surface area contributed by atoms with Gasteiger partial charge in [0.05, 0.1) is 0 Å². The molecule has 1 saturated carbocycles. The second-order valence-corrected chi connectivity index (χ2v) is 6.95. The van der Waals surface area contributed by atoms with Crippen molar-refractivity contribution >= 4 is 11.4 Å². The quantitative estimate of drug-likeness (QED) is 0.729. The minimum Gasteiger partial charge on any atom is -0.299 e. The van der Waals surface area contributed by atoms with E-state index in [4.69, 9.17) is 0 Å². The van der Waals surface area contributed by atoms with Gasteiger partial charge in [-0.1, -0.05) is 44.2 Å². The molecule has 21 heavy (non-hydrogen) atoms. The molecule has 1 nitrogen and oxygen atoms in total. The molecule has 1 heteroatoms. The molecule has 3 unspecified atom stereocenters. The Hall–Kier alpha value is -1.37. The minimum absolute atomic E-state index is 0.320. The summed E-state index contributed by atoms with van der Waals surface area (Å²) in [6, 6.07) is 8.69. The van der Waals surface area contributed by atoms with Gasteiger partial charge in [0.1, 0.15) is 5.78 Å². The van der Waals surface area contributed by atoms with Gasteiger partial charge in [-0.2, -0.15) is 0 Å². The Morgan fingerprint density at radius 3 is 2.67 bits per heavy atom. The van der Waals surface area contributed by atoms with Crippen molar-refractivity contribution in [3.8, 4) is 0 Å². The fourth-order valence-corrected chi connectivity index (χ4v) is 3.82. The van der Waals surface area contributed by atoms with Gasteiger partial charge in [0, 0.05) is 12.3 Å². The van der Waals surface area contributed by atoms with Crippen LogP contribution in [0.25, 0.3) is 5.57 Å². The van der Waals surface area contributed by atoms with E-state index in [-0.39, 0.29) is 0 Å². The van der Waals surface area contributed by atoms with Crippen molar-refractivity contribution in [3.63, 3.8) is 0 Å². The average Bonchev–Trinajstić information content (AvgIpc) is 2.47. The number of benzene rings is 1. The average molecular weight is 282 g/mol. The molecule has 3 rings (SSSR count). The summed E-state index contributed by atoms with van der Waals surface area (Å²) in [4.78, 5) is 12.6. The van der Waals surface area contributed by atoms with E-state index in [1.165, 1.54) is 36.0 Å². The van der Waals surface area contributed by atoms with Crippen LogP contribution >= 0.6 is 0 Å². The highest BCUT2D eigenvalue weighted by Crippen LogP contribution is 2.38. The predicted octanol–water partition coefficient (Wildman–Crippen LogP) is 5.36. The van der Waals surface area contributed by atoms with E-state index in [1.54, 1.807) is 0 Å². The van der Waals surface area contributed by atoms with Crippen LogP contribution in [-0.2, 0) is 4.79 Å². The van der Waals surface area contributed by atoms with Crippen molar-refractivity contribution in [3.05, 3.63) is 41.5 Å². The standard InChI is InChI=1S/C20H26O/c1-14-7-3-4-8-16(19-10-6-5-9-17(14)19)13-20(21)18-12-11-15(18)2/h5-6,8-10,14-15,18H,3-4,7,11-13H2,1-2H3. The van der Waals surface area contributed by atoms with E-state index < -0.39 is 0 Å². The fraction of sp³-hybridized carbons (Fsp3) is 0.550. The molecule has 0 aliphatic heterocycles. The van der Waals surface area contributed by atoms with Crippen LogP contribution in [0.1, 0.15) is 69.4 Å². The van der Waals surface area contributed by atoms with Crippen LogP contribution in [0, 0.1) is 11.8 Å². The number of allylic oxidation sites excluding steroid dienone is 2. The molecular formula is C20H26O. The Bertz CT molecular complexity index is 555. The molecular weight excluding hydrogens is 256 g/mol. The van der Waals surface area contributed by atoms with E-state index in [9.17, 15) is 4.79 Å². The summed E-state index contributed by atoms with van der Waals surface area (Å²) in [5.41, 5.74) is 4.03. The van der Waals surface area contributed by atoms with Crippen LogP contribution in [-0.4, -0.2) is 5.78 Å². The van der Waals surface area contributed by atoms with Gasteiger partial charge in [0.2, 0.25) is 0 Å². The van der Waals surface area contributed by atoms with Gasteiger partial charge in [0.15, 0.2) is 0 Å². The third kappa shape index (κ3) is 2.97. The van der Waals surface area contributed by atoms with Crippen molar-refractivity contribution < 1.29 is 4.79 Å². The van der Waals surface area contributed by atoms with Crippen LogP contribution < -0.4 is 0 Å². The molecule has 1 fully saturated rings. The molecule has 0 N–H and O–H groups in total. The predicted molar refractivity (Wildman–Crippen MR) is 88.2 cm³/mol. The largest absolute Gasteiger partial charge is 0.299 e. The first kappa shape index (κ1) is 14.6. The van der Waals surface area contributed by atoms with Gasteiger partial charge in [-0.15, -0.1) is 0 Å². The zero-order valence-electron chi connectivity index (χ0n) is 13.3. The molecule has 2 aliphatic carbocycles. The monoisotopic (exact) mass is 282 g/mol. The van der Waals surface area contributed by atoms with Crippen LogP contribution in [0.5, 0.6) is 0 Å². The van der Waals surface area contributed by atoms with Crippen LogP contribution in [0.15, 0.2) is 30.3 Å². The van der Waals surface area contributed by atoms with Crippen molar-refractivity contribution in [1.82, 2.24) is 0 Å². The number of fused-ring (bicyclic) bond motifs is 1. The number of carbonyl (C=O) groups is 1. The highest BCUT2D eigenvalue weighted by atomic mass is 16.1. The molecule has 0 spiro atoms. The Morgan fingerprint density at radius 1 is 1.14 bits per heavy atom. The lowest BCUT2D eigenvalue weighted by Gasteiger charge is -2.33. The van der Waals surface area contributed by atoms with Crippen molar-refractivity contribution in [1.29, 1.82) is 0 Å². The molecule has 2 aliphatic rings. The molecule has 0 saturated heterocycles. The summed E-state index contributed by atoms with van der Waals surface area (Å²) in [6.45, 7) is 4.53. The molecule has 0 radical (unpaired) electrons. The number of hydrogen-bond donors (Lipinski definition) is 0. The molecule has 0 aromatic heterocycles. The fourth-order valence-electron chi connectivity index (χ4n) is 3.82. The summed E-state index contributed by atoms with van der Waals surface area (Å²) in [5, 5.41) is 0. The molecule has 112 valence electrons. The second-order valence-electron chi connectivity index (χ2n) is 6.95. The van der Waals surface area contributed by atoms with E-state index >= 15 is 0 Å². The van der Waals surface area contributed by atoms with Crippen LogP contribution in [0.4, 0.5) is 0 Å². The summed E-state index contributed by atoms with van der Waals surface area (Å²) in [7, 11) is 0. The Morgan fingerprint density at radius 2 is 1.95 bits per heavy atom. The highest BCUT2D eigenvalue weighted by Gasteiger charge is 2.33. The lowest BCUT2D eigenvalue weighted by atomic mass is 9.71. The van der Waals surface area contributed by atoms with E-state index in [0.717, 1.165) is 12.8 Å². The van der Waals surface area contributed by atoms with Crippen LogP contribution in [0.3, 0.4) is 0 Å². The van der Waals surface area contributed by atoms with Gasteiger partial charge in [-0.25, -0.2) is 0 Å². The first-order valence-electron chi connectivity index (χ1n) is 8.48. The van der Waals surface area contributed by atoms with Gasteiger partial charge in [-0.3, -0.25) is 4.79 Å². The maximum Gasteiger partial charge on any atom is 0.140 e. The first-order valence-corrected chi connectivity index (χ1v) is 8.48. The Balaban J connectivity index is 1.86. The minimum atomic E-state index is 0.320. The molecule has 1 aromatic rings. The smallest absolute Gasteiger partial charge is 0.140 e. The summed E-state index contributed by atoms with van der Waals surface area (Å²) in [6.07, 6.45) is 8.88. The Labute approximate surface area is 128 Å². The molecule has 0 heterocycles. The SMILES string of the molecule is CC1CCCC=C(CC(=O)C2CCC2C)c2ccccc21. The zero-order chi connectivity index (χ0) is 14.8. The van der Waals surface area contributed by atoms with Gasteiger partial charge in [0.25, 0.3) is 0 Å². The second kappa shape index (κ2) is 6.17. The topological polar surface area (TPSA) is 17.1 Å².